The molecule has 0 aliphatic rings. The number of nitrogens with zero attached hydrogens (tertiary/aromatic N) is 3. The standard InChI is InChI=1S/C32H31N3O3/c1-3-29(30-33-28-17-10-9-16-27(28)32(37)35(30)26-14-5-4-6-15-26)34(20-11-21-38-2)31(36)25-19-18-23-12-7-8-13-24(23)22-25/h4-10,12-19,22,29H,3,11,20-21H2,1-2H3. The number of hydrogen-bond acceptors (Lipinski definition) is 4. The Bertz CT molecular complexity index is 1630. The fourth-order valence-corrected chi connectivity index (χ4v) is 5.01. The Morgan fingerprint density at radius 3 is 2.39 bits per heavy atom. The summed E-state index contributed by atoms with van der Waals surface area (Å²) in [5.41, 5.74) is 1.80. The van der Waals surface area contributed by atoms with Crippen LogP contribution in [0, 0.1) is 0 Å². The van der Waals surface area contributed by atoms with Gasteiger partial charge in [-0.2, -0.15) is 0 Å². The molecular weight excluding hydrogens is 474 g/mol. The van der Waals surface area contributed by atoms with E-state index in [1.807, 2.05) is 103 Å². The zero-order valence-corrected chi connectivity index (χ0v) is 21.7. The van der Waals surface area contributed by atoms with Crippen LogP contribution >= 0.6 is 0 Å². The lowest BCUT2D eigenvalue weighted by molar-refractivity contribution is 0.0634. The lowest BCUT2D eigenvalue weighted by Crippen LogP contribution is -2.39. The normalized spacial score (nSPS) is 12.1. The predicted molar refractivity (Wildman–Crippen MR) is 152 cm³/mol. The first-order chi connectivity index (χ1) is 18.6. The van der Waals surface area contributed by atoms with Gasteiger partial charge in [0.05, 0.1) is 22.6 Å². The molecule has 1 atom stereocenters. The summed E-state index contributed by atoms with van der Waals surface area (Å²) in [5.74, 6) is 0.453. The van der Waals surface area contributed by atoms with Crippen molar-refractivity contribution in [1.29, 1.82) is 0 Å². The van der Waals surface area contributed by atoms with E-state index in [0.29, 0.717) is 48.3 Å². The van der Waals surface area contributed by atoms with Crippen LogP contribution in [-0.4, -0.2) is 40.6 Å². The third kappa shape index (κ3) is 4.95. The molecule has 0 fully saturated rings. The SMILES string of the molecule is CCC(c1nc2ccccc2c(=O)n1-c1ccccc1)N(CCCOC)C(=O)c1ccc2ccccc2c1. The van der Waals surface area contributed by atoms with E-state index in [1.165, 1.54) is 0 Å². The average molecular weight is 506 g/mol. The Kier molecular flexibility index (Phi) is 7.61. The number of aromatic nitrogens is 2. The molecule has 1 amide bonds. The molecule has 1 heterocycles. The number of hydrogen-bond donors (Lipinski definition) is 0. The first-order valence-electron chi connectivity index (χ1n) is 13.0. The van der Waals surface area contributed by atoms with Crippen LogP contribution in [0.2, 0.25) is 0 Å². The van der Waals surface area contributed by atoms with Gasteiger partial charge in [-0.15, -0.1) is 0 Å². The van der Waals surface area contributed by atoms with Gasteiger partial charge in [0, 0.05) is 25.8 Å². The maximum Gasteiger partial charge on any atom is 0.266 e. The summed E-state index contributed by atoms with van der Waals surface area (Å²) in [7, 11) is 1.66. The molecule has 0 saturated heterocycles. The number of carbonyl (C=O) groups is 1. The number of para-hydroxylation sites is 2. The summed E-state index contributed by atoms with van der Waals surface area (Å²) in [6, 6.07) is 30.2. The molecule has 0 radical (unpaired) electrons. The smallest absolute Gasteiger partial charge is 0.266 e. The molecule has 0 bridgehead atoms. The minimum atomic E-state index is -0.427. The molecule has 0 saturated carbocycles. The molecule has 1 aromatic heterocycles. The van der Waals surface area contributed by atoms with Gasteiger partial charge < -0.3 is 9.64 Å². The second-order valence-electron chi connectivity index (χ2n) is 9.29. The number of rotatable bonds is 9. The van der Waals surface area contributed by atoms with Crippen molar-refractivity contribution >= 4 is 27.6 Å². The molecule has 0 spiro atoms. The first-order valence-corrected chi connectivity index (χ1v) is 13.0. The molecule has 1 unspecified atom stereocenters. The van der Waals surface area contributed by atoms with Gasteiger partial charge in [0.1, 0.15) is 5.82 Å². The molecule has 4 aromatic carbocycles. The fraction of sp³-hybridized carbons (Fsp3) is 0.219. The number of ether oxygens (including phenoxy) is 1. The second kappa shape index (κ2) is 11.4. The number of fused-ring (bicyclic) bond motifs is 2. The number of methoxy groups -OCH3 is 1. The topological polar surface area (TPSA) is 64.4 Å². The Balaban J connectivity index is 1.67. The van der Waals surface area contributed by atoms with Crippen molar-refractivity contribution in [2.45, 2.75) is 25.8 Å². The van der Waals surface area contributed by atoms with E-state index in [0.717, 1.165) is 16.5 Å². The monoisotopic (exact) mass is 505 g/mol. The largest absolute Gasteiger partial charge is 0.385 e. The minimum absolute atomic E-state index is 0.0966. The van der Waals surface area contributed by atoms with Crippen molar-refractivity contribution in [2.24, 2.45) is 0 Å². The van der Waals surface area contributed by atoms with Gasteiger partial charge in [0.2, 0.25) is 0 Å². The number of benzene rings is 4. The summed E-state index contributed by atoms with van der Waals surface area (Å²) in [6.07, 6.45) is 1.25. The number of amides is 1. The van der Waals surface area contributed by atoms with Gasteiger partial charge in [-0.1, -0.05) is 67.6 Å². The van der Waals surface area contributed by atoms with Crippen molar-refractivity contribution in [2.75, 3.05) is 20.3 Å². The van der Waals surface area contributed by atoms with Crippen LogP contribution in [0.1, 0.15) is 42.0 Å². The second-order valence-corrected chi connectivity index (χ2v) is 9.29. The highest BCUT2D eigenvalue weighted by Gasteiger charge is 2.29. The van der Waals surface area contributed by atoms with E-state index in [1.54, 1.807) is 17.7 Å². The fourth-order valence-electron chi connectivity index (χ4n) is 5.01. The zero-order valence-electron chi connectivity index (χ0n) is 21.7. The molecule has 38 heavy (non-hydrogen) atoms. The highest BCUT2D eigenvalue weighted by atomic mass is 16.5. The summed E-state index contributed by atoms with van der Waals surface area (Å²) in [5, 5.41) is 2.63. The van der Waals surface area contributed by atoms with Crippen LogP contribution in [0.25, 0.3) is 27.4 Å². The lowest BCUT2D eigenvalue weighted by Gasteiger charge is -2.32. The average Bonchev–Trinajstić information content (AvgIpc) is 2.97. The van der Waals surface area contributed by atoms with Crippen molar-refractivity contribution in [3.8, 4) is 5.69 Å². The van der Waals surface area contributed by atoms with Crippen LogP contribution in [0.5, 0.6) is 0 Å². The van der Waals surface area contributed by atoms with Gasteiger partial charge in [-0.3, -0.25) is 14.2 Å². The predicted octanol–water partition coefficient (Wildman–Crippen LogP) is 6.17. The van der Waals surface area contributed by atoms with Gasteiger partial charge in [0.25, 0.3) is 11.5 Å². The van der Waals surface area contributed by atoms with E-state index in [-0.39, 0.29) is 11.5 Å². The summed E-state index contributed by atoms with van der Waals surface area (Å²) >= 11 is 0. The molecule has 192 valence electrons. The summed E-state index contributed by atoms with van der Waals surface area (Å²) in [6.45, 7) is 3.02. The molecule has 5 rings (SSSR count). The summed E-state index contributed by atoms with van der Waals surface area (Å²) in [4.78, 5) is 34.8. The molecule has 0 N–H and O–H groups in total. The molecule has 0 aliphatic heterocycles. The Morgan fingerprint density at radius 1 is 0.921 bits per heavy atom. The van der Waals surface area contributed by atoms with E-state index in [9.17, 15) is 9.59 Å². The Morgan fingerprint density at radius 2 is 1.63 bits per heavy atom. The molecular formula is C32H31N3O3. The van der Waals surface area contributed by atoms with E-state index < -0.39 is 6.04 Å². The van der Waals surface area contributed by atoms with Gasteiger partial charge in [-0.25, -0.2) is 4.98 Å². The van der Waals surface area contributed by atoms with Crippen LogP contribution < -0.4 is 5.56 Å². The first kappa shape index (κ1) is 25.4. The lowest BCUT2D eigenvalue weighted by atomic mass is 10.0. The highest BCUT2D eigenvalue weighted by Crippen LogP contribution is 2.28. The van der Waals surface area contributed by atoms with Gasteiger partial charge in [0.15, 0.2) is 0 Å². The minimum Gasteiger partial charge on any atom is -0.385 e. The van der Waals surface area contributed by atoms with E-state index in [2.05, 4.69) is 0 Å². The van der Waals surface area contributed by atoms with E-state index >= 15 is 0 Å². The van der Waals surface area contributed by atoms with Crippen LogP contribution in [0.3, 0.4) is 0 Å². The number of carbonyl (C=O) groups excluding carboxylic acids is 1. The summed E-state index contributed by atoms with van der Waals surface area (Å²) < 4.78 is 6.98. The maximum atomic E-state index is 14.1. The van der Waals surface area contributed by atoms with Gasteiger partial charge >= 0.3 is 0 Å². The molecule has 5 aromatic rings. The third-order valence-electron chi connectivity index (χ3n) is 6.88. The van der Waals surface area contributed by atoms with Crippen LogP contribution in [0.4, 0.5) is 0 Å². The molecule has 6 nitrogen and oxygen atoms in total. The van der Waals surface area contributed by atoms with E-state index in [4.69, 9.17) is 9.72 Å². The van der Waals surface area contributed by atoms with Gasteiger partial charge in [-0.05, 0) is 60.0 Å². The van der Waals surface area contributed by atoms with Crippen molar-refractivity contribution in [1.82, 2.24) is 14.5 Å². The maximum absolute atomic E-state index is 14.1. The molecule has 6 heteroatoms. The van der Waals surface area contributed by atoms with Crippen molar-refractivity contribution in [3.63, 3.8) is 0 Å². The third-order valence-corrected chi connectivity index (χ3v) is 6.88. The Labute approximate surface area is 222 Å². The Hall–Kier alpha value is -4.29. The quantitative estimate of drug-likeness (QED) is 0.225. The molecule has 0 aliphatic carbocycles. The highest BCUT2D eigenvalue weighted by molar-refractivity contribution is 5.98. The zero-order chi connectivity index (χ0) is 26.5. The van der Waals surface area contributed by atoms with Crippen molar-refractivity contribution in [3.05, 3.63) is 119 Å². The van der Waals surface area contributed by atoms with Crippen molar-refractivity contribution < 1.29 is 9.53 Å². The van der Waals surface area contributed by atoms with Crippen LogP contribution in [0.15, 0.2) is 102 Å². The van der Waals surface area contributed by atoms with Crippen LogP contribution in [-0.2, 0) is 4.74 Å².